The molecule has 3 N–H and O–H groups in total. The molecule has 0 radical (unpaired) electrons. The van der Waals surface area contributed by atoms with Gasteiger partial charge in [0.25, 0.3) is 0 Å². The van der Waals surface area contributed by atoms with E-state index in [2.05, 4.69) is 59.7 Å². The molecule has 0 heterocycles. The van der Waals surface area contributed by atoms with E-state index in [-0.39, 0.29) is 0 Å². The third-order valence-corrected chi connectivity index (χ3v) is 5.95. The summed E-state index contributed by atoms with van der Waals surface area (Å²) >= 11 is 2.10. The van der Waals surface area contributed by atoms with Crippen LogP contribution in [0.1, 0.15) is 31.2 Å². The zero-order valence-electron chi connectivity index (χ0n) is 12.4. The van der Waals surface area contributed by atoms with Crippen LogP contribution in [-0.2, 0) is 6.42 Å². The molecule has 2 nitrogen and oxygen atoms in total. The van der Waals surface area contributed by atoms with Gasteiger partial charge in [0.1, 0.15) is 0 Å². The molecular weight excluding hydrogens is 276 g/mol. The zero-order chi connectivity index (χ0) is 14.5. The summed E-state index contributed by atoms with van der Waals surface area (Å²) in [7, 11) is 0. The number of nitrogens with one attached hydrogen (secondary N) is 1. The van der Waals surface area contributed by atoms with E-state index in [1.54, 1.807) is 0 Å². The Hall–Kier alpha value is -1.03. The van der Waals surface area contributed by atoms with Crippen molar-refractivity contribution in [3.05, 3.63) is 48.0 Å². The molecule has 1 saturated carbocycles. The molecule has 112 valence electrons. The second-order valence-corrected chi connectivity index (χ2v) is 7.28. The monoisotopic (exact) mass is 300 g/mol. The molecule has 2 aromatic carbocycles. The van der Waals surface area contributed by atoms with Crippen molar-refractivity contribution in [2.24, 2.45) is 5.84 Å². The van der Waals surface area contributed by atoms with Gasteiger partial charge in [0.15, 0.2) is 0 Å². The van der Waals surface area contributed by atoms with Gasteiger partial charge in [-0.3, -0.25) is 11.3 Å². The van der Waals surface area contributed by atoms with Gasteiger partial charge in [0.2, 0.25) is 0 Å². The topological polar surface area (TPSA) is 38.0 Å². The summed E-state index contributed by atoms with van der Waals surface area (Å²) in [4.78, 5) is 0. The van der Waals surface area contributed by atoms with E-state index in [4.69, 9.17) is 5.84 Å². The van der Waals surface area contributed by atoms with Gasteiger partial charge in [0.05, 0.1) is 0 Å². The van der Waals surface area contributed by atoms with Crippen LogP contribution in [0.2, 0.25) is 0 Å². The Balaban J connectivity index is 1.67. The minimum Gasteiger partial charge on any atom is -0.271 e. The molecule has 0 spiro atoms. The minimum absolute atomic E-state index is 0.349. The van der Waals surface area contributed by atoms with Crippen LogP contribution in [0.15, 0.2) is 42.5 Å². The Labute approximate surface area is 131 Å². The van der Waals surface area contributed by atoms with Crippen molar-refractivity contribution in [3.63, 3.8) is 0 Å². The number of rotatable bonds is 6. The molecule has 2 aromatic rings. The van der Waals surface area contributed by atoms with Gasteiger partial charge in [-0.2, -0.15) is 11.8 Å². The van der Waals surface area contributed by atoms with Crippen LogP contribution >= 0.6 is 11.8 Å². The molecular formula is C18H24N2S. The summed E-state index contributed by atoms with van der Waals surface area (Å²) in [6, 6.07) is 15.5. The van der Waals surface area contributed by atoms with Crippen molar-refractivity contribution in [2.45, 2.75) is 43.4 Å². The zero-order valence-corrected chi connectivity index (χ0v) is 13.2. The lowest BCUT2D eigenvalue weighted by atomic mass is 10.00. The van der Waals surface area contributed by atoms with E-state index in [1.807, 2.05) is 0 Å². The highest BCUT2D eigenvalue weighted by Crippen LogP contribution is 2.30. The number of thioether (sulfide) groups is 1. The molecule has 3 rings (SSSR count). The second kappa shape index (κ2) is 7.30. The predicted octanol–water partition coefficient (Wildman–Crippen LogP) is 3.89. The Bertz CT molecular complexity index is 573. The second-order valence-electron chi connectivity index (χ2n) is 5.95. The van der Waals surface area contributed by atoms with E-state index in [0.29, 0.717) is 6.04 Å². The Morgan fingerprint density at radius 3 is 2.67 bits per heavy atom. The number of hydrazine groups is 1. The van der Waals surface area contributed by atoms with Gasteiger partial charge in [0, 0.05) is 17.0 Å². The molecule has 0 bridgehead atoms. The molecule has 1 atom stereocenters. The maximum atomic E-state index is 5.79. The van der Waals surface area contributed by atoms with Crippen LogP contribution < -0.4 is 11.3 Å². The number of hydrogen-bond donors (Lipinski definition) is 2. The highest BCUT2D eigenvalue weighted by molar-refractivity contribution is 7.99. The van der Waals surface area contributed by atoms with Crippen LogP contribution in [0, 0.1) is 0 Å². The largest absolute Gasteiger partial charge is 0.271 e. The van der Waals surface area contributed by atoms with Gasteiger partial charge < -0.3 is 0 Å². The standard InChI is InChI=1S/C18H24N2S/c19-20-16(13-21-17-9-2-3-10-17)12-15-8-5-7-14-6-1-4-11-18(14)15/h1,4-8,11,16-17,20H,2-3,9-10,12-13,19H2. The van der Waals surface area contributed by atoms with E-state index in [0.717, 1.165) is 17.4 Å². The molecule has 0 aliphatic heterocycles. The molecule has 1 unspecified atom stereocenters. The third-order valence-electron chi connectivity index (χ3n) is 4.42. The first-order chi connectivity index (χ1) is 10.4. The van der Waals surface area contributed by atoms with Crippen molar-refractivity contribution < 1.29 is 0 Å². The third kappa shape index (κ3) is 3.79. The van der Waals surface area contributed by atoms with Crippen molar-refractivity contribution in [2.75, 3.05) is 5.75 Å². The Kier molecular flexibility index (Phi) is 5.17. The van der Waals surface area contributed by atoms with Gasteiger partial charge >= 0.3 is 0 Å². The van der Waals surface area contributed by atoms with E-state index >= 15 is 0 Å². The Morgan fingerprint density at radius 1 is 1.10 bits per heavy atom. The predicted molar refractivity (Wildman–Crippen MR) is 93.5 cm³/mol. The minimum atomic E-state index is 0.349. The highest BCUT2D eigenvalue weighted by Gasteiger charge is 2.18. The number of nitrogens with two attached hydrogens (primary N) is 1. The number of hydrogen-bond acceptors (Lipinski definition) is 3. The summed E-state index contributed by atoms with van der Waals surface area (Å²) in [5, 5.41) is 3.52. The smallest absolute Gasteiger partial charge is 0.0341 e. The van der Waals surface area contributed by atoms with E-state index in [9.17, 15) is 0 Å². The van der Waals surface area contributed by atoms with Crippen molar-refractivity contribution in [1.29, 1.82) is 0 Å². The molecule has 21 heavy (non-hydrogen) atoms. The maximum Gasteiger partial charge on any atom is 0.0341 e. The Morgan fingerprint density at radius 2 is 1.86 bits per heavy atom. The molecule has 1 fully saturated rings. The van der Waals surface area contributed by atoms with Crippen LogP contribution in [0.5, 0.6) is 0 Å². The highest BCUT2D eigenvalue weighted by atomic mass is 32.2. The average Bonchev–Trinajstić information content (AvgIpc) is 3.05. The SMILES string of the molecule is NNC(CSC1CCCC1)Cc1cccc2ccccc12. The lowest BCUT2D eigenvalue weighted by molar-refractivity contribution is 0.576. The van der Waals surface area contributed by atoms with Gasteiger partial charge in [-0.25, -0.2) is 0 Å². The van der Waals surface area contributed by atoms with Crippen LogP contribution in [-0.4, -0.2) is 17.0 Å². The summed E-state index contributed by atoms with van der Waals surface area (Å²) in [6.07, 6.45) is 6.58. The fourth-order valence-electron chi connectivity index (χ4n) is 3.21. The molecule has 0 amide bonds. The fraction of sp³-hybridized carbons (Fsp3) is 0.444. The molecule has 1 aliphatic rings. The quantitative estimate of drug-likeness (QED) is 0.628. The lowest BCUT2D eigenvalue weighted by Crippen LogP contribution is -2.39. The summed E-state index contributed by atoms with van der Waals surface area (Å²) < 4.78 is 0. The van der Waals surface area contributed by atoms with E-state index < -0.39 is 0 Å². The maximum absolute atomic E-state index is 5.79. The molecule has 0 saturated heterocycles. The fourth-order valence-corrected chi connectivity index (χ4v) is 4.59. The summed E-state index contributed by atoms with van der Waals surface area (Å²) in [5.74, 6) is 6.89. The van der Waals surface area contributed by atoms with E-state index in [1.165, 1.54) is 42.0 Å². The van der Waals surface area contributed by atoms with Gasteiger partial charge in [-0.05, 0) is 35.6 Å². The number of benzene rings is 2. The van der Waals surface area contributed by atoms with Crippen LogP contribution in [0.3, 0.4) is 0 Å². The number of fused-ring (bicyclic) bond motifs is 1. The molecule has 1 aliphatic carbocycles. The lowest BCUT2D eigenvalue weighted by Gasteiger charge is -2.19. The van der Waals surface area contributed by atoms with Crippen LogP contribution in [0.4, 0.5) is 0 Å². The first-order valence-corrected chi connectivity index (χ1v) is 8.96. The summed E-state index contributed by atoms with van der Waals surface area (Å²) in [5.41, 5.74) is 4.41. The van der Waals surface area contributed by atoms with Crippen molar-refractivity contribution in [3.8, 4) is 0 Å². The first-order valence-electron chi connectivity index (χ1n) is 7.91. The normalized spacial score (nSPS) is 17.4. The van der Waals surface area contributed by atoms with Crippen molar-refractivity contribution in [1.82, 2.24) is 5.43 Å². The van der Waals surface area contributed by atoms with Gasteiger partial charge in [-0.1, -0.05) is 55.3 Å². The summed E-state index contributed by atoms with van der Waals surface area (Å²) in [6.45, 7) is 0. The average molecular weight is 300 g/mol. The van der Waals surface area contributed by atoms with Gasteiger partial charge in [-0.15, -0.1) is 0 Å². The van der Waals surface area contributed by atoms with Crippen molar-refractivity contribution >= 4 is 22.5 Å². The molecule has 3 heteroatoms. The van der Waals surface area contributed by atoms with Crippen LogP contribution in [0.25, 0.3) is 10.8 Å². The molecule has 0 aromatic heterocycles. The first kappa shape index (κ1) is 14.9.